The zero-order valence-corrected chi connectivity index (χ0v) is 8.97. The van der Waals surface area contributed by atoms with Crippen LogP contribution < -0.4 is 0 Å². The van der Waals surface area contributed by atoms with Crippen LogP contribution >= 0.6 is 0 Å². The molecule has 0 aliphatic carbocycles. The van der Waals surface area contributed by atoms with Crippen molar-refractivity contribution in [2.45, 2.75) is 6.92 Å². The Balaban J connectivity index is 2.42. The Morgan fingerprint density at radius 2 is 1.62 bits per heavy atom. The molecular weight excluding hydrogens is 200 g/mol. The quantitative estimate of drug-likeness (QED) is 0.776. The molecule has 80 valence electrons. The van der Waals surface area contributed by atoms with E-state index in [2.05, 4.69) is 0 Å². The third kappa shape index (κ3) is 1.96. The van der Waals surface area contributed by atoms with Gasteiger partial charge >= 0.3 is 0 Å². The Labute approximate surface area is 94.2 Å². The van der Waals surface area contributed by atoms with E-state index in [1.165, 1.54) is 0 Å². The van der Waals surface area contributed by atoms with Crippen LogP contribution in [0.3, 0.4) is 0 Å². The van der Waals surface area contributed by atoms with Crippen LogP contribution in [0.1, 0.15) is 15.9 Å². The average molecular weight is 212 g/mol. The van der Waals surface area contributed by atoms with Gasteiger partial charge in [-0.05, 0) is 29.7 Å². The predicted octanol–water partition coefficient (Wildman–Crippen LogP) is 3.18. The van der Waals surface area contributed by atoms with Crippen LogP contribution in [-0.4, -0.2) is 11.4 Å². The second-order valence-electron chi connectivity index (χ2n) is 3.74. The van der Waals surface area contributed by atoms with E-state index in [4.69, 9.17) is 0 Å². The number of rotatable bonds is 2. The number of benzene rings is 2. The number of aromatic hydroxyl groups is 1. The molecule has 2 nitrogen and oxygen atoms in total. The van der Waals surface area contributed by atoms with E-state index < -0.39 is 0 Å². The number of aryl methyl sites for hydroxylation is 1. The Kier molecular flexibility index (Phi) is 2.73. The van der Waals surface area contributed by atoms with Gasteiger partial charge < -0.3 is 5.11 Å². The summed E-state index contributed by atoms with van der Waals surface area (Å²) in [5.74, 6) is 0.289. The molecule has 0 bridgehead atoms. The molecule has 16 heavy (non-hydrogen) atoms. The molecule has 2 rings (SSSR count). The SMILES string of the molecule is Cc1ccc(-c2ccc(C=O)cc2)cc1O. The molecule has 0 aliphatic heterocycles. The van der Waals surface area contributed by atoms with Gasteiger partial charge in [0.2, 0.25) is 0 Å². The molecule has 1 N–H and O–H groups in total. The highest BCUT2D eigenvalue weighted by Crippen LogP contribution is 2.25. The summed E-state index contributed by atoms with van der Waals surface area (Å²) in [6.07, 6.45) is 0.816. The number of hydrogen-bond acceptors (Lipinski definition) is 2. The summed E-state index contributed by atoms with van der Waals surface area (Å²) >= 11 is 0. The maximum Gasteiger partial charge on any atom is 0.150 e. The van der Waals surface area contributed by atoms with Gasteiger partial charge in [0, 0.05) is 5.56 Å². The minimum atomic E-state index is 0.289. The molecule has 0 fully saturated rings. The van der Waals surface area contributed by atoms with Crippen LogP contribution in [0.15, 0.2) is 42.5 Å². The van der Waals surface area contributed by atoms with Gasteiger partial charge in [0.25, 0.3) is 0 Å². The standard InChI is InChI=1S/C14H12O2/c1-10-2-5-13(8-14(10)16)12-6-3-11(9-15)4-7-12/h2-9,16H,1H3. The van der Waals surface area contributed by atoms with Gasteiger partial charge in [-0.25, -0.2) is 0 Å². The predicted molar refractivity (Wildman–Crippen MR) is 63.7 cm³/mol. The Bertz CT molecular complexity index is 513. The first-order chi connectivity index (χ1) is 7.70. The first-order valence-electron chi connectivity index (χ1n) is 5.06. The van der Waals surface area contributed by atoms with Crippen LogP contribution in [0.25, 0.3) is 11.1 Å². The summed E-state index contributed by atoms with van der Waals surface area (Å²) < 4.78 is 0. The number of carbonyl (C=O) groups is 1. The van der Waals surface area contributed by atoms with Crippen LogP contribution in [0.5, 0.6) is 5.75 Å². The zero-order valence-electron chi connectivity index (χ0n) is 8.97. The number of phenols is 1. The molecule has 0 saturated carbocycles. The van der Waals surface area contributed by atoms with Crippen molar-refractivity contribution in [3.05, 3.63) is 53.6 Å². The monoisotopic (exact) mass is 212 g/mol. The second kappa shape index (κ2) is 4.19. The molecule has 0 aliphatic rings. The maximum absolute atomic E-state index is 10.5. The topological polar surface area (TPSA) is 37.3 Å². The van der Waals surface area contributed by atoms with Gasteiger partial charge in [0.1, 0.15) is 12.0 Å². The van der Waals surface area contributed by atoms with Crippen LogP contribution in [0, 0.1) is 6.92 Å². The van der Waals surface area contributed by atoms with Crippen molar-refractivity contribution < 1.29 is 9.90 Å². The van der Waals surface area contributed by atoms with Crippen molar-refractivity contribution in [2.75, 3.05) is 0 Å². The van der Waals surface area contributed by atoms with Gasteiger partial charge in [0.05, 0.1) is 0 Å². The van der Waals surface area contributed by atoms with Crippen molar-refractivity contribution in [3.63, 3.8) is 0 Å². The smallest absolute Gasteiger partial charge is 0.150 e. The van der Waals surface area contributed by atoms with Gasteiger partial charge in [-0.2, -0.15) is 0 Å². The van der Waals surface area contributed by atoms with E-state index in [1.54, 1.807) is 18.2 Å². The lowest BCUT2D eigenvalue weighted by Crippen LogP contribution is -1.82. The van der Waals surface area contributed by atoms with E-state index in [0.717, 1.165) is 23.0 Å². The number of carbonyl (C=O) groups excluding carboxylic acids is 1. The lowest BCUT2D eigenvalue weighted by atomic mass is 10.0. The van der Waals surface area contributed by atoms with Crippen molar-refractivity contribution in [2.24, 2.45) is 0 Å². The molecule has 2 aromatic rings. The van der Waals surface area contributed by atoms with E-state index in [1.807, 2.05) is 31.2 Å². The average Bonchev–Trinajstić information content (AvgIpc) is 2.33. The van der Waals surface area contributed by atoms with Crippen LogP contribution in [-0.2, 0) is 0 Å². The van der Waals surface area contributed by atoms with Crippen LogP contribution in [0.2, 0.25) is 0 Å². The zero-order chi connectivity index (χ0) is 11.5. The third-order valence-electron chi connectivity index (χ3n) is 2.59. The number of phenolic OH excluding ortho intramolecular Hbond substituents is 1. The lowest BCUT2D eigenvalue weighted by Gasteiger charge is -2.04. The molecule has 0 unspecified atom stereocenters. The lowest BCUT2D eigenvalue weighted by molar-refractivity contribution is 0.112. The van der Waals surface area contributed by atoms with Crippen LogP contribution in [0.4, 0.5) is 0 Å². The number of hydrogen-bond donors (Lipinski definition) is 1. The molecule has 0 atom stereocenters. The summed E-state index contributed by atoms with van der Waals surface area (Å²) in [6.45, 7) is 1.86. The summed E-state index contributed by atoms with van der Waals surface area (Å²) in [7, 11) is 0. The van der Waals surface area contributed by atoms with Crippen molar-refractivity contribution >= 4 is 6.29 Å². The van der Waals surface area contributed by atoms with Crippen molar-refractivity contribution in [3.8, 4) is 16.9 Å². The molecule has 2 aromatic carbocycles. The van der Waals surface area contributed by atoms with E-state index in [-0.39, 0.29) is 5.75 Å². The highest BCUT2D eigenvalue weighted by Gasteiger charge is 2.01. The second-order valence-corrected chi connectivity index (χ2v) is 3.74. The minimum absolute atomic E-state index is 0.289. The molecule has 2 heteroatoms. The molecule has 0 heterocycles. The van der Waals surface area contributed by atoms with E-state index in [9.17, 15) is 9.90 Å². The molecule has 0 spiro atoms. The molecular formula is C14H12O2. The largest absolute Gasteiger partial charge is 0.508 e. The molecule has 0 radical (unpaired) electrons. The van der Waals surface area contributed by atoms with E-state index >= 15 is 0 Å². The molecule has 0 amide bonds. The summed E-state index contributed by atoms with van der Waals surface area (Å²) in [5, 5.41) is 9.61. The first kappa shape index (κ1) is 10.4. The fraction of sp³-hybridized carbons (Fsp3) is 0.0714. The number of aldehydes is 1. The normalized spacial score (nSPS) is 10.1. The highest BCUT2D eigenvalue weighted by molar-refractivity contribution is 5.77. The van der Waals surface area contributed by atoms with Gasteiger partial charge in [-0.15, -0.1) is 0 Å². The van der Waals surface area contributed by atoms with Gasteiger partial charge in [-0.3, -0.25) is 4.79 Å². The van der Waals surface area contributed by atoms with Gasteiger partial charge in [-0.1, -0.05) is 36.4 Å². The summed E-state index contributed by atoms with van der Waals surface area (Å²) in [6, 6.07) is 12.8. The summed E-state index contributed by atoms with van der Waals surface area (Å²) in [5.41, 5.74) is 3.44. The fourth-order valence-corrected chi connectivity index (χ4v) is 1.54. The third-order valence-corrected chi connectivity index (χ3v) is 2.59. The Morgan fingerprint density at radius 1 is 1.00 bits per heavy atom. The fourth-order valence-electron chi connectivity index (χ4n) is 1.54. The van der Waals surface area contributed by atoms with E-state index in [0.29, 0.717) is 5.56 Å². The summed E-state index contributed by atoms with van der Waals surface area (Å²) in [4.78, 5) is 10.5. The highest BCUT2D eigenvalue weighted by atomic mass is 16.3. The minimum Gasteiger partial charge on any atom is -0.508 e. The Hall–Kier alpha value is -2.09. The maximum atomic E-state index is 10.5. The molecule has 0 aromatic heterocycles. The first-order valence-corrected chi connectivity index (χ1v) is 5.06. The van der Waals surface area contributed by atoms with Crippen molar-refractivity contribution in [1.29, 1.82) is 0 Å². The molecule has 0 saturated heterocycles. The van der Waals surface area contributed by atoms with Gasteiger partial charge in [0.15, 0.2) is 0 Å². The Morgan fingerprint density at radius 3 is 2.19 bits per heavy atom. The van der Waals surface area contributed by atoms with Crippen molar-refractivity contribution in [1.82, 2.24) is 0 Å².